The highest BCUT2D eigenvalue weighted by atomic mass is 32.1. The number of hydrogen-bond donors (Lipinski definition) is 2. The smallest absolute Gasteiger partial charge is 0.261 e. The molecule has 4 nitrogen and oxygen atoms in total. The Balaban J connectivity index is 1.60. The van der Waals surface area contributed by atoms with Gasteiger partial charge in [-0.3, -0.25) is 4.79 Å². The summed E-state index contributed by atoms with van der Waals surface area (Å²) in [5.41, 5.74) is 1.33. The number of aryl methyl sites for hydroxylation is 2. The van der Waals surface area contributed by atoms with E-state index < -0.39 is 6.10 Å². The molecule has 1 aliphatic rings. The second-order valence-electron chi connectivity index (χ2n) is 5.36. The number of aliphatic hydroxyl groups excluding tert-OH is 1. The summed E-state index contributed by atoms with van der Waals surface area (Å²) in [5.74, 6) is 0.357. The molecule has 2 aromatic heterocycles. The zero-order chi connectivity index (χ0) is 14.7. The van der Waals surface area contributed by atoms with E-state index in [4.69, 9.17) is 4.42 Å². The van der Waals surface area contributed by atoms with Crippen LogP contribution >= 0.6 is 11.3 Å². The Labute approximate surface area is 127 Å². The molecule has 2 N–H and O–H groups in total. The van der Waals surface area contributed by atoms with Crippen molar-refractivity contribution in [3.8, 4) is 0 Å². The van der Waals surface area contributed by atoms with Gasteiger partial charge in [0.1, 0.15) is 11.9 Å². The number of fused-ring (bicyclic) bond motifs is 1. The molecule has 0 fully saturated rings. The Morgan fingerprint density at radius 1 is 1.38 bits per heavy atom. The summed E-state index contributed by atoms with van der Waals surface area (Å²) < 4.78 is 5.11. The standard InChI is InChI=1S/C16H19NO3S/c18-12(13-6-4-8-20-13)10-17-16(19)15-9-11-5-2-1-3-7-14(11)21-15/h4,6,8-9,12,18H,1-3,5,7,10H2,(H,17,19). The SMILES string of the molecule is O=C(NCC(O)c1ccco1)c1cc2c(s1)CCCCC2. The van der Waals surface area contributed by atoms with Crippen LogP contribution in [0.25, 0.3) is 0 Å². The van der Waals surface area contributed by atoms with Crippen molar-refractivity contribution < 1.29 is 14.3 Å². The van der Waals surface area contributed by atoms with Crippen molar-refractivity contribution in [2.24, 2.45) is 0 Å². The van der Waals surface area contributed by atoms with Crippen molar-refractivity contribution in [2.45, 2.75) is 38.2 Å². The van der Waals surface area contributed by atoms with Gasteiger partial charge in [-0.15, -0.1) is 11.3 Å². The molecule has 21 heavy (non-hydrogen) atoms. The molecule has 5 heteroatoms. The molecule has 0 radical (unpaired) electrons. The summed E-state index contributed by atoms with van der Waals surface area (Å²) >= 11 is 1.59. The van der Waals surface area contributed by atoms with E-state index in [1.54, 1.807) is 23.5 Å². The van der Waals surface area contributed by atoms with Gasteiger partial charge in [0.15, 0.2) is 0 Å². The Bertz CT molecular complexity index is 580. The largest absolute Gasteiger partial charge is 0.467 e. The van der Waals surface area contributed by atoms with E-state index >= 15 is 0 Å². The molecule has 0 bridgehead atoms. The number of carbonyl (C=O) groups is 1. The maximum atomic E-state index is 12.2. The normalized spacial score (nSPS) is 16.0. The predicted octanol–water partition coefficient (Wildman–Crippen LogP) is 3.07. The zero-order valence-corrected chi connectivity index (χ0v) is 12.6. The lowest BCUT2D eigenvalue weighted by atomic mass is 10.1. The monoisotopic (exact) mass is 305 g/mol. The van der Waals surface area contributed by atoms with Gasteiger partial charge in [-0.2, -0.15) is 0 Å². The molecule has 0 saturated carbocycles. The van der Waals surface area contributed by atoms with Gasteiger partial charge < -0.3 is 14.8 Å². The number of furan rings is 1. The molecule has 0 saturated heterocycles. The maximum absolute atomic E-state index is 12.2. The Morgan fingerprint density at radius 3 is 3.05 bits per heavy atom. The number of amides is 1. The fraction of sp³-hybridized carbons (Fsp3) is 0.438. The number of rotatable bonds is 4. The lowest BCUT2D eigenvalue weighted by Crippen LogP contribution is -2.27. The number of aliphatic hydroxyl groups is 1. The third-order valence-electron chi connectivity index (χ3n) is 3.80. The highest BCUT2D eigenvalue weighted by Gasteiger charge is 2.18. The van der Waals surface area contributed by atoms with Gasteiger partial charge in [0, 0.05) is 4.88 Å². The van der Waals surface area contributed by atoms with Gasteiger partial charge in [-0.1, -0.05) is 6.42 Å². The van der Waals surface area contributed by atoms with Gasteiger partial charge >= 0.3 is 0 Å². The van der Waals surface area contributed by atoms with Crippen LogP contribution in [-0.2, 0) is 12.8 Å². The molecular formula is C16H19NO3S. The van der Waals surface area contributed by atoms with Crippen LogP contribution in [0.2, 0.25) is 0 Å². The first kappa shape index (κ1) is 14.4. The minimum atomic E-state index is -0.804. The molecule has 3 rings (SSSR count). The Morgan fingerprint density at radius 2 is 2.24 bits per heavy atom. The molecule has 1 unspecified atom stereocenters. The lowest BCUT2D eigenvalue weighted by molar-refractivity contribution is 0.0905. The Hall–Kier alpha value is -1.59. The Kier molecular flexibility index (Phi) is 4.41. The molecule has 112 valence electrons. The number of hydrogen-bond acceptors (Lipinski definition) is 4. The average molecular weight is 305 g/mol. The first-order valence-corrected chi connectivity index (χ1v) is 8.17. The summed E-state index contributed by atoms with van der Waals surface area (Å²) in [7, 11) is 0. The predicted molar refractivity (Wildman–Crippen MR) is 81.6 cm³/mol. The molecular weight excluding hydrogens is 286 g/mol. The van der Waals surface area contributed by atoms with Crippen molar-refractivity contribution in [3.05, 3.63) is 45.5 Å². The summed E-state index contributed by atoms with van der Waals surface area (Å²) in [6, 6.07) is 5.43. The van der Waals surface area contributed by atoms with Gasteiger partial charge in [0.2, 0.25) is 0 Å². The van der Waals surface area contributed by atoms with Crippen LogP contribution in [0.5, 0.6) is 0 Å². The van der Waals surface area contributed by atoms with Crippen LogP contribution in [0.15, 0.2) is 28.9 Å². The van der Waals surface area contributed by atoms with Crippen molar-refractivity contribution in [1.82, 2.24) is 5.32 Å². The lowest BCUT2D eigenvalue weighted by Gasteiger charge is -2.08. The van der Waals surface area contributed by atoms with Crippen LogP contribution in [0.1, 0.15) is 51.2 Å². The number of carbonyl (C=O) groups excluding carboxylic acids is 1. The molecule has 0 aromatic carbocycles. The highest BCUT2D eigenvalue weighted by Crippen LogP contribution is 2.29. The van der Waals surface area contributed by atoms with Crippen LogP contribution in [0.3, 0.4) is 0 Å². The van der Waals surface area contributed by atoms with Crippen molar-refractivity contribution in [3.63, 3.8) is 0 Å². The molecule has 2 heterocycles. The first-order valence-electron chi connectivity index (χ1n) is 7.35. The fourth-order valence-electron chi connectivity index (χ4n) is 2.64. The topological polar surface area (TPSA) is 62.5 Å². The number of nitrogens with one attached hydrogen (secondary N) is 1. The van der Waals surface area contributed by atoms with E-state index in [0.717, 1.165) is 17.7 Å². The van der Waals surface area contributed by atoms with Crippen LogP contribution < -0.4 is 5.32 Å². The molecule has 1 atom stereocenters. The zero-order valence-electron chi connectivity index (χ0n) is 11.8. The highest BCUT2D eigenvalue weighted by molar-refractivity contribution is 7.14. The first-order chi connectivity index (χ1) is 10.2. The second kappa shape index (κ2) is 6.45. The summed E-state index contributed by atoms with van der Waals surface area (Å²) in [5, 5.41) is 12.7. The minimum absolute atomic E-state index is 0.112. The van der Waals surface area contributed by atoms with E-state index in [-0.39, 0.29) is 12.5 Å². The van der Waals surface area contributed by atoms with E-state index in [1.165, 1.54) is 36.0 Å². The van der Waals surface area contributed by atoms with Gasteiger partial charge in [0.25, 0.3) is 5.91 Å². The molecule has 1 amide bonds. The van der Waals surface area contributed by atoms with Crippen LogP contribution in [0, 0.1) is 0 Å². The van der Waals surface area contributed by atoms with Crippen molar-refractivity contribution >= 4 is 17.2 Å². The van der Waals surface area contributed by atoms with Gasteiger partial charge in [-0.05, 0) is 49.4 Å². The summed E-state index contributed by atoms with van der Waals surface area (Å²) in [6.07, 6.45) is 6.57. The second-order valence-corrected chi connectivity index (χ2v) is 6.50. The van der Waals surface area contributed by atoms with Gasteiger partial charge in [-0.25, -0.2) is 0 Å². The van der Waals surface area contributed by atoms with E-state index in [1.807, 2.05) is 6.07 Å². The minimum Gasteiger partial charge on any atom is -0.467 e. The van der Waals surface area contributed by atoms with Crippen LogP contribution in [0.4, 0.5) is 0 Å². The third-order valence-corrected chi connectivity index (χ3v) is 5.03. The quantitative estimate of drug-likeness (QED) is 0.853. The summed E-state index contributed by atoms with van der Waals surface area (Å²) in [6.45, 7) is 0.162. The van der Waals surface area contributed by atoms with Gasteiger partial charge in [0.05, 0.1) is 17.7 Å². The van der Waals surface area contributed by atoms with Crippen molar-refractivity contribution in [2.75, 3.05) is 6.54 Å². The molecule has 0 spiro atoms. The number of thiophene rings is 1. The fourth-order valence-corrected chi connectivity index (χ4v) is 3.81. The molecule has 2 aromatic rings. The molecule has 0 aliphatic heterocycles. The van der Waals surface area contributed by atoms with E-state index in [2.05, 4.69) is 5.32 Å². The van der Waals surface area contributed by atoms with E-state index in [9.17, 15) is 9.90 Å². The van der Waals surface area contributed by atoms with E-state index in [0.29, 0.717) is 5.76 Å². The van der Waals surface area contributed by atoms with Crippen LogP contribution in [-0.4, -0.2) is 17.6 Å². The molecule has 1 aliphatic carbocycles. The van der Waals surface area contributed by atoms with Crippen molar-refractivity contribution in [1.29, 1.82) is 0 Å². The third kappa shape index (κ3) is 3.36. The summed E-state index contributed by atoms with van der Waals surface area (Å²) in [4.78, 5) is 14.3. The average Bonchev–Trinajstić information content (AvgIpc) is 3.11. The maximum Gasteiger partial charge on any atom is 0.261 e.